The zero-order chi connectivity index (χ0) is 15.2. The van der Waals surface area contributed by atoms with Crippen molar-refractivity contribution in [2.24, 2.45) is 0 Å². The van der Waals surface area contributed by atoms with Crippen molar-refractivity contribution in [3.8, 4) is 5.75 Å². The van der Waals surface area contributed by atoms with Gasteiger partial charge >= 0.3 is 0 Å². The lowest BCUT2D eigenvalue weighted by Gasteiger charge is -2.25. The van der Waals surface area contributed by atoms with Gasteiger partial charge in [-0.05, 0) is 18.1 Å². The van der Waals surface area contributed by atoms with Crippen molar-refractivity contribution in [2.45, 2.75) is 19.3 Å². The van der Waals surface area contributed by atoms with Crippen LogP contribution in [0.2, 0.25) is 0 Å². The topological polar surface area (TPSA) is 44.8 Å². The van der Waals surface area contributed by atoms with Gasteiger partial charge in [-0.15, -0.1) is 0 Å². The Labute approximate surface area is 129 Å². The Kier molecular flexibility index (Phi) is 4.83. The number of carbonyl (C=O) groups excluding carboxylic acids is 1. The fourth-order valence-electron chi connectivity index (χ4n) is 2.42. The second-order valence-electron chi connectivity index (χ2n) is 5.08. The molecular weight excluding hydrogens is 280 g/mol. The fraction of sp³-hybridized carbons (Fsp3) is 0.278. The molecule has 2 aromatic carbocycles. The molecule has 0 aliphatic carbocycles. The molecule has 0 radical (unpaired) electrons. The van der Waals surface area contributed by atoms with E-state index in [9.17, 15) is 4.79 Å². The minimum atomic E-state index is -0.491. The molecule has 0 saturated carbocycles. The molecule has 0 bridgehead atoms. The normalized spacial score (nSPS) is 15.5. The highest BCUT2D eigenvalue weighted by atomic mass is 16.7. The molecule has 2 aromatic rings. The van der Waals surface area contributed by atoms with E-state index in [-0.39, 0.29) is 0 Å². The third kappa shape index (κ3) is 3.35. The predicted octanol–water partition coefficient (Wildman–Crippen LogP) is 3.51. The van der Waals surface area contributed by atoms with Gasteiger partial charge < -0.3 is 14.2 Å². The van der Waals surface area contributed by atoms with Gasteiger partial charge in [-0.3, -0.25) is 4.79 Å². The maximum atomic E-state index is 11.5. The van der Waals surface area contributed by atoms with Gasteiger partial charge in [0, 0.05) is 5.56 Å². The molecule has 114 valence electrons. The van der Waals surface area contributed by atoms with Gasteiger partial charge in [0.2, 0.25) is 0 Å². The highest BCUT2D eigenvalue weighted by Gasteiger charge is 2.21. The molecular formula is C18H18O4. The molecule has 4 nitrogen and oxygen atoms in total. The lowest BCUT2D eigenvalue weighted by molar-refractivity contribution is -0.183. The van der Waals surface area contributed by atoms with Crippen LogP contribution in [-0.2, 0) is 16.1 Å². The van der Waals surface area contributed by atoms with Gasteiger partial charge in [-0.2, -0.15) is 0 Å². The third-order valence-corrected chi connectivity index (χ3v) is 3.54. The van der Waals surface area contributed by atoms with Crippen molar-refractivity contribution in [1.29, 1.82) is 0 Å². The van der Waals surface area contributed by atoms with Crippen molar-refractivity contribution < 1.29 is 19.0 Å². The lowest BCUT2D eigenvalue weighted by Crippen LogP contribution is -2.19. The van der Waals surface area contributed by atoms with Crippen LogP contribution in [0.4, 0.5) is 0 Å². The molecule has 1 aliphatic rings. The first-order valence-electron chi connectivity index (χ1n) is 7.36. The SMILES string of the molecule is O=Cc1c(OCc2ccccc2)cccc1C1OCCCO1. The van der Waals surface area contributed by atoms with E-state index in [1.807, 2.05) is 42.5 Å². The Balaban J connectivity index is 1.80. The first kappa shape index (κ1) is 14.8. The molecule has 0 amide bonds. The summed E-state index contributed by atoms with van der Waals surface area (Å²) in [5.74, 6) is 0.550. The first-order valence-corrected chi connectivity index (χ1v) is 7.36. The highest BCUT2D eigenvalue weighted by molar-refractivity contribution is 5.81. The van der Waals surface area contributed by atoms with Gasteiger partial charge in [0.05, 0.1) is 18.8 Å². The molecule has 0 atom stereocenters. The summed E-state index contributed by atoms with van der Waals surface area (Å²) in [6.07, 6.45) is 1.18. The predicted molar refractivity (Wildman–Crippen MR) is 81.9 cm³/mol. The molecule has 0 unspecified atom stereocenters. The molecule has 0 aromatic heterocycles. The minimum absolute atomic E-state index is 0.414. The number of benzene rings is 2. The average molecular weight is 298 g/mol. The van der Waals surface area contributed by atoms with Crippen LogP contribution in [-0.4, -0.2) is 19.5 Å². The summed E-state index contributed by atoms with van der Waals surface area (Å²) in [4.78, 5) is 11.5. The number of rotatable bonds is 5. The number of ether oxygens (including phenoxy) is 3. The summed E-state index contributed by atoms with van der Waals surface area (Å²) in [7, 11) is 0. The highest BCUT2D eigenvalue weighted by Crippen LogP contribution is 2.30. The van der Waals surface area contributed by atoms with Crippen LogP contribution in [0.5, 0.6) is 5.75 Å². The standard InChI is InChI=1S/C18H18O4/c19-12-16-15(18-20-10-5-11-21-18)8-4-9-17(16)22-13-14-6-2-1-3-7-14/h1-4,6-9,12,18H,5,10-11,13H2. The molecule has 4 heteroatoms. The molecule has 1 saturated heterocycles. The summed E-state index contributed by atoms with van der Waals surface area (Å²) in [5.41, 5.74) is 2.26. The van der Waals surface area contributed by atoms with Crippen LogP contribution in [0.3, 0.4) is 0 Å². The van der Waals surface area contributed by atoms with E-state index < -0.39 is 6.29 Å². The molecule has 22 heavy (non-hydrogen) atoms. The fourth-order valence-corrected chi connectivity index (χ4v) is 2.42. The number of carbonyl (C=O) groups is 1. The molecule has 1 heterocycles. The molecule has 0 spiro atoms. The van der Waals surface area contributed by atoms with Crippen LogP contribution < -0.4 is 4.74 Å². The van der Waals surface area contributed by atoms with Crippen LogP contribution >= 0.6 is 0 Å². The lowest BCUT2D eigenvalue weighted by atomic mass is 10.1. The molecule has 3 rings (SSSR count). The van der Waals surface area contributed by atoms with E-state index in [1.165, 1.54) is 0 Å². The van der Waals surface area contributed by atoms with Crippen LogP contribution in [0.1, 0.15) is 34.2 Å². The maximum absolute atomic E-state index is 11.5. The van der Waals surface area contributed by atoms with Crippen LogP contribution in [0, 0.1) is 0 Å². The largest absolute Gasteiger partial charge is 0.488 e. The minimum Gasteiger partial charge on any atom is -0.488 e. The smallest absolute Gasteiger partial charge is 0.184 e. The number of aldehydes is 1. The summed E-state index contributed by atoms with van der Waals surface area (Å²) in [6, 6.07) is 15.3. The quantitative estimate of drug-likeness (QED) is 0.792. The average Bonchev–Trinajstić information content (AvgIpc) is 2.61. The Morgan fingerprint density at radius 2 is 1.82 bits per heavy atom. The van der Waals surface area contributed by atoms with E-state index in [1.54, 1.807) is 6.07 Å². The molecule has 0 N–H and O–H groups in total. The van der Waals surface area contributed by atoms with Gasteiger partial charge in [0.1, 0.15) is 12.4 Å². The van der Waals surface area contributed by atoms with Crippen molar-refractivity contribution in [1.82, 2.24) is 0 Å². The first-order chi connectivity index (χ1) is 10.9. The summed E-state index contributed by atoms with van der Waals surface area (Å²) < 4.78 is 17.0. The van der Waals surface area contributed by atoms with Crippen LogP contribution in [0.15, 0.2) is 48.5 Å². The maximum Gasteiger partial charge on any atom is 0.184 e. The summed E-state index contributed by atoms with van der Waals surface area (Å²) >= 11 is 0. The summed E-state index contributed by atoms with van der Waals surface area (Å²) in [5, 5.41) is 0. The van der Waals surface area contributed by atoms with Gasteiger partial charge in [0.15, 0.2) is 12.6 Å². The Hall–Kier alpha value is -2.17. The summed E-state index contributed by atoms with van der Waals surface area (Å²) in [6.45, 7) is 1.69. The van der Waals surface area contributed by atoms with Crippen molar-refractivity contribution >= 4 is 6.29 Å². The Morgan fingerprint density at radius 1 is 1.05 bits per heavy atom. The second-order valence-corrected chi connectivity index (χ2v) is 5.08. The zero-order valence-corrected chi connectivity index (χ0v) is 12.2. The van der Waals surface area contributed by atoms with Gasteiger partial charge in [-0.1, -0.05) is 42.5 Å². The van der Waals surface area contributed by atoms with E-state index in [4.69, 9.17) is 14.2 Å². The van der Waals surface area contributed by atoms with E-state index >= 15 is 0 Å². The van der Waals surface area contributed by atoms with E-state index in [2.05, 4.69) is 0 Å². The zero-order valence-electron chi connectivity index (χ0n) is 12.2. The molecule has 1 fully saturated rings. The Morgan fingerprint density at radius 3 is 2.55 bits per heavy atom. The van der Waals surface area contributed by atoms with E-state index in [0.29, 0.717) is 31.1 Å². The monoisotopic (exact) mass is 298 g/mol. The van der Waals surface area contributed by atoms with Gasteiger partial charge in [-0.25, -0.2) is 0 Å². The second kappa shape index (κ2) is 7.20. The van der Waals surface area contributed by atoms with Crippen molar-refractivity contribution in [3.63, 3.8) is 0 Å². The van der Waals surface area contributed by atoms with E-state index in [0.717, 1.165) is 23.8 Å². The number of hydrogen-bond donors (Lipinski definition) is 0. The molecule has 1 aliphatic heterocycles. The van der Waals surface area contributed by atoms with Crippen molar-refractivity contribution in [3.05, 3.63) is 65.2 Å². The number of hydrogen-bond acceptors (Lipinski definition) is 4. The third-order valence-electron chi connectivity index (χ3n) is 3.54. The van der Waals surface area contributed by atoms with Crippen LogP contribution in [0.25, 0.3) is 0 Å². The van der Waals surface area contributed by atoms with Gasteiger partial charge in [0.25, 0.3) is 0 Å². The van der Waals surface area contributed by atoms with Crippen molar-refractivity contribution in [2.75, 3.05) is 13.2 Å². The Bertz CT molecular complexity index is 618.